The van der Waals surface area contributed by atoms with Crippen molar-refractivity contribution in [2.75, 3.05) is 18.6 Å². The minimum atomic E-state index is 0.652. The second kappa shape index (κ2) is 6.93. The molecular formula is C20H20ClNO. The number of ether oxygens (including phenoxy) is 1. The second-order valence-electron chi connectivity index (χ2n) is 5.48. The Kier molecular flexibility index (Phi) is 4.73. The lowest BCUT2D eigenvalue weighted by atomic mass is 10.1. The number of halogens is 1. The number of fused-ring (bicyclic) bond motifs is 1. The van der Waals surface area contributed by atoms with Gasteiger partial charge in [0.1, 0.15) is 5.75 Å². The molecule has 0 amide bonds. The highest BCUT2D eigenvalue weighted by Crippen LogP contribution is 2.30. The Hall–Kier alpha value is -2.19. The summed E-state index contributed by atoms with van der Waals surface area (Å²) in [6.45, 7) is 3.92. The van der Waals surface area contributed by atoms with Crippen molar-refractivity contribution in [3.05, 3.63) is 71.2 Å². The van der Waals surface area contributed by atoms with Gasteiger partial charge in [0.25, 0.3) is 0 Å². The summed E-state index contributed by atoms with van der Waals surface area (Å²) in [6, 6.07) is 20.9. The Morgan fingerprint density at radius 2 is 1.78 bits per heavy atom. The first-order chi connectivity index (χ1) is 11.2. The number of hydrogen-bond donors (Lipinski definition) is 0. The lowest BCUT2D eigenvalue weighted by molar-refractivity contribution is 0.415. The fourth-order valence-electron chi connectivity index (χ4n) is 2.88. The van der Waals surface area contributed by atoms with Gasteiger partial charge in [-0.15, -0.1) is 0 Å². The summed E-state index contributed by atoms with van der Waals surface area (Å²) in [7, 11) is 1.63. The van der Waals surface area contributed by atoms with Crippen LogP contribution in [0.1, 0.15) is 12.5 Å². The molecule has 0 aliphatic carbocycles. The van der Waals surface area contributed by atoms with E-state index in [4.69, 9.17) is 16.3 Å². The number of methoxy groups -OCH3 is 1. The third-order valence-electron chi connectivity index (χ3n) is 4.08. The van der Waals surface area contributed by atoms with Crippen LogP contribution in [0.15, 0.2) is 60.7 Å². The van der Waals surface area contributed by atoms with Crippen LogP contribution in [0.3, 0.4) is 0 Å². The van der Waals surface area contributed by atoms with Crippen LogP contribution in [0.5, 0.6) is 5.75 Å². The summed E-state index contributed by atoms with van der Waals surface area (Å²) in [5.41, 5.74) is 2.42. The van der Waals surface area contributed by atoms with Crippen LogP contribution >= 0.6 is 11.6 Å². The maximum atomic E-state index is 6.25. The van der Waals surface area contributed by atoms with Gasteiger partial charge in [0.15, 0.2) is 0 Å². The molecule has 0 fully saturated rings. The molecule has 0 atom stereocenters. The minimum absolute atomic E-state index is 0.652. The zero-order valence-electron chi connectivity index (χ0n) is 13.4. The van der Waals surface area contributed by atoms with Crippen molar-refractivity contribution in [1.82, 2.24) is 0 Å². The maximum Gasteiger partial charge on any atom is 0.137 e. The summed E-state index contributed by atoms with van der Waals surface area (Å²) in [6.07, 6.45) is 0. The molecule has 3 aromatic carbocycles. The van der Waals surface area contributed by atoms with Gasteiger partial charge in [0, 0.05) is 24.2 Å². The number of rotatable bonds is 5. The smallest absolute Gasteiger partial charge is 0.137 e. The van der Waals surface area contributed by atoms with Crippen LogP contribution < -0.4 is 9.64 Å². The monoisotopic (exact) mass is 325 g/mol. The van der Waals surface area contributed by atoms with Gasteiger partial charge in [0.05, 0.1) is 12.1 Å². The van der Waals surface area contributed by atoms with E-state index in [0.29, 0.717) is 10.8 Å². The van der Waals surface area contributed by atoms with Crippen LogP contribution in [0, 0.1) is 0 Å². The molecule has 0 aliphatic rings. The summed E-state index contributed by atoms with van der Waals surface area (Å²) in [5, 5.41) is 3.19. The number of hydrogen-bond acceptors (Lipinski definition) is 2. The molecule has 3 heteroatoms. The average Bonchev–Trinajstić information content (AvgIpc) is 2.59. The fraction of sp³-hybridized carbons (Fsp3) is 0.200. The number of benzene rings is 3. The Morgan fingerprint density at radius 3 is 2.52 bits per heavy atom. The van der Waals surface area contributed by atoms with Crippen LogP contribution in [0.2, 0.25) is 5.02 Å². The van der Waals surface area contributed by atoms with E-state index in [1.54, 1.807) is 7.11 Å². The Labute approximate surface area is 142 Å². The third-order valence-corrected chi connectivity index (χ3v) is 4.37. The molecule has 2 nitrogen and oxygen atoms in total. The van der Waals surface area contributed by atoms with Crippen molar-refractivity contribution in [3.63, 3.8) is 0 Å². The van der Waals surface area contributed by atoms with Crippen molar-refractivity contribution < 1.29 is 4.74 Å². The van der Waals surface area contributed by atoms with Gasteiger partial charge in [-0.05, 0) is 36.1 Å². The first-order valence-corrected chi connectivity index (χ1v) is 8.16. The van der Waals surface area contributed by atoms with Gasteiger partial charge < -0.3 is 9.64 Å². The van der Waals surface area contributed by atoms with E-state index in [1.165, 1.54) is 22.0 Å². The SMILES string of the molecule is CCN(Cc1ccc(OC)c(Cl)c1)c1cccc2ccccc12. The molecule has 0 aliphatic heterocycles. The van der Waals surface area contributed by atoms with Gasteiger partial charge in [-0.3, -0.25) is 0 Å². The first kappa shape index (κ1) is 15.7. The normalized spacial score (nSPS) is 10.7. The quantitative estimate of drug-likeness (QED) is 0.611. The van der Waals surface area contributed by atoms with Gasteiger partial charge >= 0.3 is 0 Å². The predicted octanol–water partition coefficient (Wildman–Crippen LogP) is 5.53. The molecule has 3 aromatic rings. The molecule has 0 N–H and O–H groups in total. The molecule has 0 unspecified atom stereocenters. The van der Waals surface area contributed by atoms with Crippen LogP contribution in [-0.2, 0) is 6.54 Å². The lowest BCUT2D eigenvalue weighted by Crippen LogP contribution is -2.22. The van der Waals surface area contributed by atoms with Gasteiger partial charge in [0.2, 0.25) is 0 Å². The largest absolute Gasteiger partial charge is 0.495 e. The van der Waals surface area contributed by atoms with Crippen molar-refractivity contribution in [3.8, 4) is 5.75 Å². The summed E-state index contributed by atoms with van der Waals surface area (Å²) < 4.78 is 5.23. The van der Waals surface area contributed by atoms with Crippen molar-refractivity contribution >= 4 is 28.1 Å². The summed E-state index contributed by atoms with van der Waals surface area (Å²) in [4.78, 5) is 2.36. The molecular weight excluding hydrogens is 306 g/mol. The molecule has 0 spiro atoms. The molecule has 0 saturated heterocycles. The molecule has 3 rings (SSSR count). The van der Waals surface area contributed by atoms with E-state index < -0.39 is 0 Å². The Bertz CT molecular complexity index is 810. The van der Waals surface area contributed by atoms with E-state index in [1.807, 2.05) is 12.1 Å². The van der Waals surface area contributed by atoms with Gasteiger partial charge in [-0.25, -0.2) is 0 Å². The van der Waals surface area contributed by atoms with Crippen molar-refractivity contribution in [1.29, 1.82) is 0 Å². The number of anilines is 1. The molecule has 118 valence electrons. The van der Waals surface area contributed by atoms with Crippen LogP contribution in [0.25, 0.3) is 10.8 Å². The minimum Gasteiger partial charge on any atom is -0.495 e. The second-order valence-corrected chi connectivity index (χ2v) is 5.89. The topological polar surface area (TPSA) is 12.5 Å². The maximum absolute atomic E-state index is 6.25. The van der Waals surface area contributed by atoms with E-state index in [9.17, 15) is 0 Å². The standard InChI is InChI=1S/C20H20ClNO/c1-3-22(14-15-11-12-20(23-2)18(21)13-15)19-10-6-8-16-7-4-5-9-17(16)19/h4-13H,3,14H2,1-2H3. The zero-order chi connectivity index (χ0) is 16.2. The first-order valence-electron chi connectivity index (χ1n) is 7.78. The summed E-state index contributed by atoms with van der Waals surface area (Å²) in [5.74, 6) is 0.712. The highest BCUT2D eigenvalue weighted by atomic mass is 35.5. The van der Waals surface area contributed by atoms with Crippen molar-refractivity contribution in [2.45, 2.75) is 13.5 Å². The molecule has 0 saturated carbocycles. The van der Waals surface area contributed by atoms with Crippen LogP contribution in [0.4, 0.5) is 5.69 Å². The van der Waals surface area contributed by atoms with E-state index in [2.05, 4.69) is 60.4 Å². The fourth-order valence-corrected chi connectivity index (χ4v) is 3.16. The highest BCUT2D eigenvalue weighted by molar-refractivity contribution is 6.32. The average molecular weight is 326 g/mol. The molecule has 23 heavy (non-hydrogen) atoms. The van der Waals surface area contributed by atoms with E-state index >= 15 is 0 Å². The molecule has 0 radical (unpaired) electrons. The highest BCUT2D eigenvalue weighted by Gasteiger charge is 2.10. The van der Waals surface area contributed by atoms with Crippen molar-refractivity contribution in [2.24, 2.45) is 0 Å². The zero-order valence-corrected chi connectivity index (χ0v) is 14.2. The van der Waals surface area contributed by atoms with E-state index in [-0.39, 0.29) is 0 Å². The third kappa shape index (κ3) is 3.27. The van der Waals surface area contributed by atoms with Gasteiger partial charge in [-0.1, -0.05) is 54.1 Å². The van der Waals surface area contributed by atoms with E-state index in [0.717, 1.165) is 13.1 Å². The molecule has 0 aromatic heterocycles. The molecule has 0 heterocycles. The molecule has 0 bridgehead atoms. The summed E-state index contributed by atoms with van der Waals surface area (Å²) >= 11 is 6.25. The predicted molar refractivity (Wildman–Crippen MR) is 98.7 cm³/mol. The Balaban J connectivity index is 1.94. The van der Waals surface area contributed by atoms with Crippen LogP contribution in [-0.4, -0.2) is 13.7 Å². The van der Waals surface area contributed by atoms with Gasteiger partial charge in [-0.2, -0.15) is 0 Å². The number of nitrogens with zero attached hydrogens (tertiary/aromatic N) is 1. The Morgan fingerprint density at radius 1 is 1.00 bits per heavy atom. The lowest BCUT2D eigenvalue weighted by Gasteiger charge is -2.25.